The van der Waals surface area contributed by atoms with E-state index in [-0.39, 0.29) is 17.3 Å². The third kappa shape index (κ3) is 1.71. The number of nitrogens with two attached hydrogens (primary N) is 1. The molecule has 0 fully saturated rings. The number of methoxy groups -OCH3 is 2. The maximum atomic E-state index is 9.58. The lowest BCUT2D eigenvalue weighted by atomic mass is 10.1. The second kappa shape index (κ2) is 4.39. The van der Waals surface area contributed by atoms with Gasteiger partial charge in [0.1, 0.15) is 5.75 Å². The van der Waals surface area contributed by atoms with Gasteiger partial charge in [-0.1, -0.05) is 11.6 Å². The summed E-state index contributed by atoms with van der Waals surface area (Å²) in [6, 6.07) is 1.48. The zero-order valence-corrected chi connectivity index (χ0v) is 8.76. The van der Waals surface area contributed by atoms with Gasteiger partial charge in [0, 0.05) is 12.6 Å². The molecule has 14 heavy (non-hydrogen) atoms. The summed E-state index contributed by atoms with van der Waals surface area (Å²) < 4.78 is 10.1. The highest BCUT2D eigenvalue weighted by Crippen LogP contribution is 2.41. The first-order chi connectivity index (χ1) is 6.65. The van der Waals surface area contributed by atoms with Crippen molar-refractivity contribution >= 4 is 11.6 Å². The van der Waals surface area contributed by atoms with E-state index in [1.54, 1.807) is 0 Å². The van der Waals surface area contributed by atoms with Crippen molar-refractivity contribution in [1.29, 1.82) is 0 Å². The molecule has 0 aromatic heterocycles. The van der Waals surface area contributed by atoms with Crippen molar-refractivity contribution in [3.8, 4) is 17.2 Å². The molecule has 0 bridgehead atoms. The van der Waals surface area contributed by atoms with E-state index in [1.807, 2.05) is 0 Å². The van der Waals surface area contributed by atoms with Gasteiger partial charge in [0.25, 0.3) is 0 Å². The Balaban J connectivity index is 3.42. The van der Waals surface area contributed by atoms with E-state index >= 15 is 0 Å². The summed E-state index contributed by atoms with van der Waals surface area (Å²) >= 11 is 5.76. The molecule has 0 radical (unpaired) electrons. The zero-order chi connectivity index (χ0) is 10.7. The zero-order valence-electron chi connectivity index (χ0n) is 8.00. The third-order valence-electron chi connectivity index (χ3n) is 1.90. The van der Waals surface area contributed by atoms with Crippen LogP contribution in [0.4, 0.5) is 0 Å². The average molecular weight is 218 g/mol. The molecule has 1 aromatic rings. The molecule has 5 heteroatoms. The molecule has 1 rings (SSSR count). The van der Waals surface area contributed by atoms with Crippen LogP contribution in [0.25, 0.3) is 0 Å². The van der Waals surface area contributed by atoms with Gasteiger partial charge in [-0.2, -0.15) is 0 Å². The fourth-order valence-corrected chi connectivity index (χ4v) is 1.43. The van der Waals surface area contributed by atoms with Crippen molar-refractivity contribution < 1.29 is 14.6 Å². The van der Waals surface area contributed by atoms with E-state index in [1.165, 1.54) is 20.3 Å². The van der Waals surface area contributed by atoms with Crippen LogP contribution in [0.15, 0.2) is 6.07 Å². The Labute approximate surface area is 87.2 Å². The highest BCUT2D eigenvalue weighted by molar-refractivity contribution is 6.32. The summed E-state index contributed by atoms with van der Waals surface area (Å²) in [6.07, 6.45) is 0. The molecule has 1 aromatic carbocycles. The number of halogens is 1. The van der Waals surface area contributed by atoms with Crippen LogP contribution in [0.1, 0.15) is 5.56 Å². The molecule has 0 amide bonds. The molecule has 0 aliphatic rings. The molecule has 0 atom stereocenters. The van der Waals surface area contributed by atoms with Crippen LogP contribution in [0.5, 0.6) is 17.2 Å². The lowest BCUT2D eigenvalue weighted by Gasteiger charge is -2.13. The molecule has 78 valence electrons. The van der Waals surface area contributed by atoms with Gasteiger partial charge in [0.15, 0.2) is 11.5 Å². The van der Waals surface area contributed by atoms with Crippen molar-refractivity contribution in [2.24, 2.45) is 5.73 Å². The highest BCUT2D eigenvalue weighted by Gasteiger charge is 2.16. The van der Waals surface area contributed by atoms with E-state index in [2.05, 4.69) is 0 Å². The molecule has 3 N–H and O–H groups in total. The molecule has 0 aliphatic carbocycles. The Morgan fingerprint density at radius 1 is 1.43 bits per heavy atom. The van der Waals surface area contributed by atoms with Crippen molar-refractivity contribution in [3.63, 3.8) is 0 Å². The SMILES string of the molecule is COc1cc(Cl)c(O)c(CN)c1OC. The molecular weight excluding hydrogens is 206 g/mol. The number of rotatable bonds is 3. The number of aromatic hydroxyl groups is 1. The number of hydrogen-bond donors (Lipinski definition) is 2. The van der Waals surface area contributed by atoms with E-state index in [0.29, 0.717) is 17.1 Å². The van der Waals surface area contributed by atoms with Gasteiger partial charge in [-0.3, -0.25) is 0 Å². The molecule has 0 saturated heterocycles. The largest absolute Gasteiger partial charge is 0.506 e. The predicted octanol–water partition coefficient (Wildman–Crippen LogP) is 1.52. The maximum Gasteiger partial charge on any atom is 0.169 e. The van der Waals surface area contributed by atoms with E-state index < -0.39 is 0 Å². The minimum atomic E-state index is -0.0631. The quantitative estimate of drug-likeness (QED) is 0.806. The summed E-state index contributed by atoms with van der Waals surface area (Å²) in [5, 5.41) is 9.78. The fraction of sp³-hybridized carbons (Fsp3) is 0.333. The van der Waals surface area contributed by atoms with Crippen molar-refractivity contribution in [3.05, 3.63) is 16.7 Å². The molecular formula is C9H12ClNO3. The summed E-state index contributed by atoms with van der Waals surface area (Å²) in [5.41, 5.74) is 5.91. The minimum Gasteiger partial charge on any atom is -0.506 e. The van der Waals surface area contributed by atoms with E-state index in [4.69, 9.17) is 26.8 Å². The van der Waals surface area contributed by atoms with Gasteiger partial charge in [-0.25, -0.2) is 0 Å². The van der Waals surface area contributed by atoms with Crippen molar-refractivity contribution in [1.82, 2.24) is 0 Å². The van der Waals surface area contributed by atoms with E-state index in [0.717, 1.165) is 0 Å². The van der Waals surface area contributed by atoms with Crippen molar-refractivity contribution in [2.75, 3.05) is 14.2 Å². The van der Waals surface area contributed by atoms with Gasteiger partial charge >= 0.3 is 0 Å². The third-order valence-corrected chi connectivity index (χ3v) is 2.18. The Hall–Kier alpha value is -1.13. The van der Waals surface area contributed by atoms with Crippen LogP contribution in [-0.4, -0.2) is 19.3 Å². The Bertz CT molecular complexity index is 341. The summed E-state index contributed by atoms with van der Waals surface area (Å²) in [7, 11) is 2.97. The Morgan fingerprint density at radius 2 is 2.07 bits per heavy atom. The standard InChI is InChI=1S/C9H12ClNO3/c1-13-7-3-6(10)8(12)5(4-11)9(7)14-2/h3,12H,4,11H2,1-2H3. The smallest absolute Gasteiger partial charge is 0.169 e. The van der Waals surface area contributed by atoms with Crippen LogP contribution in [0, 0.1) is 0 Å². The molecule has 0 spiro atoms. The second-order valence-electron chi connectivity index (χ2n) is 2.63. The molecule has 0 unspecified atom stereocenters. The van der Waals surface area contributed by atoms with Gasteiger partial charge < -0.3 is 20.3 Å². The number of phenols is 1. The Morgan fingerprint density at radius 3 is 2.50 bits per heavy atom. The fourth-order valence-electron chi connectivity index (χ4n) is 1.21. The van der Waals surface area contributed by atoms with E-state index in [9.17, 15) is 5.11 Å². The Kier molecular flexibility index (Phi) is 3.43. The van der Waals surface area contributed by atoms with Crippen LogP contribution in [0.3, 0.4) is 0 Å². The first-order valence-corrected chi connectivity index (χ1v) is 4.35. The average Bonchev–Trinajstić information content (AvgIpc) is 2.20. The summed E-state index contributed by atoms with van der Waals surface area (Å²) in [5.74, 6) is 0.805. The maximum absolute atomic E-state index is 9.58. The first-order valence-electron chi connectivity index (χ1n) is 3.98. The van der Waals surface area contributed by atoms with Crippen molar-refractivity contribution in [2.45, 2.75) is 6.54 Å². The predicted molar refractivity (Wildman–Crippen MR) is 54.1 cm³/mol. The topological polar surface area (TPSA) is 64.7 Å². The van der Waals surface area contributed by atoms with Gasteiger partial charge in [0.2, 0.25) is 0 Å². The van der Waals surface area contributed by atoms with Crippen LogP contribution in [-0.2, 0) is 6.54 Å². The number of ether oxygens (including phenoxy) is 2. The lowest BCUT2D eigenvalue weighted by Crippen LogP contribution is -2.02. The van der Waals surface area contributed by atoms with Crippen LogP contribution in [0.2, 0.25) is 5.02 Å². The number of hydrogen-bond acceptors (Lipinski definition) is 4. The monoisotopic (exact) mass is 217 g/mol. The first kappa shape index (κ1) is 10.9. The second-order valence-corrected chi connectivity index (χ2v) is 3.03. The van der Waals surface area contributed by atoms with Gasteiger partial charge in [-0.15, -0.1) is 0 Å². The summed E-state index contributed by atoms with van der Waals surface area (Å²) in [4.78, 5) is 0. The summed E-state index contributed by atoms with van der Waals surface area (Å²) in [6.45, 7) is 0.131. The minimum absolute atomic E-state index is 0.0631. The number of phenolic OH excluding ortho intramolecular Hbond substituents is 1. The lowest BCUT2D eigenvalue weighted by molar-refractivity contribution is 0.347. The molecule has 0 heterocycles. The van der Waals surface area contributed by atoms with Crippen LogP contribution >= 0.6 is 11.6 Å². The number of benzene rings is 1. The molecule has 0 saturated carbocycles. The highest BCUT2D eigenvalue weighted by atomic mass is 35.5. The van der Waals surface area contributed by atoms with Gasteiger partial charge in [0.05, 0.1) is 24.8 Å². The molecule has 4 nitrogen and oxygen atoms in total. The van der Waals surface area contributed by atoms with Crippen LogP contribution < -0.4 is 15.2 Å². The molecule has 0 aliphatic heterocycles. The normalized spacial score (nSPS) is 10.0. The van der Waals surface area contributed by atoms with Gasteiger partial charge in [-0.05, 0) is 0 Å².